The minimum absolute atomic E-state index is 0.795. The van der Waals surface area contributed by atoms with Crippen LogP contribution in [0, 0.1) is 5.92 Å². The van der Waals surface area contributed by atoms with E-state index in [1.807, 2.05) is 0 Å². The first-order chi connectivity index (χ1) is 6.29. The van der Waals surface area contributed by atoms with E-state index in [2.05, 4.69) is 18.9 Å². The Hall–Kier alpha value is -0.0800. The van der Waals surface area contributed by atoms with Gasteiger partial charge in [-0.1, -0.05) is 26.2 Å². The largest absolute Gasteiger partial charge is 0.329 e. The van der Waals surface area contributed by atoms with E-state index in [1.165, 1.54) is 32.1 Å². The van der Waals surface area contributed by atoms with Gasteiger partial charge >= 0.3 is 0 Å². The van der Waals surface area contributed by atoms with Crippen LogP contribution in [0.2, 0.25) is 0 Å². The molecular formula is C11H24N2. The molecule has 78 valence electrons. The van der Waals surface area contributed by atoms with Crippen molar-refractivity contribution in [3.8, 4) is 0 Å². The Labute approximate surface area is 82.5 Å². The maximum Gasteiger partial charge on any atom is 0.0121 e. The molecule has 13 heavy (non-hydrogen) atoms. The molecule has 0 aromatic heterocycles. The highest BCUT2D eigenvalue weighted by Gasteiger charge is 2.26. The maximum absolute atomic E-state index is 5.58. The van der Waals surface area contributed by atoms with Crippen molar-refractivity contribution in [3.63, 3.8) is 0 Å². The number of nitrogens with two attached hydrogens (primary N) is 1. The van der Waals surface area contributed by atoms with Crippen LogP contribution < -0.4 is 5.73 Å². The Morgan fingerprint density at radius 1 is 1.31 bits per heavy atom. The molecule has 1 aliphatic carbocycles. The summed E-state index contributed by atoms with van der Waals surface area (Å²) < 4.78 is 0. The quantitative estimate of drug-likeness (QED) is 0.722. The third kappa shape index (κ3) is 2.96. The molecule has 0 amide bonds. The fourth-order valence-corrected chi connectivity index (χ4v) is 2.61. The fraction of sp³-hybridized carbons (Fsp3) is 1.00. The normalized spacial score (nSPS) is 29.5. The minimum atomic E-state index is 0.795. The van der Waals surface area contributed by atoms with Gasteiger partial charge in [-0.05, 0) is 25.8 Å². The standard InChI is InChI=1S/C11H24N2/c1-3-10-6-4-5-7-11(10)13(2)9-8-12/h10-11H,3-9,12H2,1-2H3. The van der Waals surface area contributed by atoms with E-state index in [-0.39, 0.29) is 0 Å². The van der Waals surface area contributed by atoms with Crippen LogP contribution in [-0.2, 0) is 0 Å². The summed E-state index contributed by atoms with van der Waals surface area (Å²) in [6.45, 7) is 4.17. The molecule has 0 aliphatic heterocycles. The maximum atomic E-state index is 5.58. The van der Waals surface area contributed by atoms with Crippen LogP contribution in [-0.4, -0.2) is 31.1 Å². The van der Waals surface area contributed by atoms with Crippen molar-refractivity contribution >= 4 is 0 Å². The first-order valence-corrected chi connectivity index (χ1v) is 5.70. The number of hydrogen-bond acceptors (Lipinski definition) is 2. The molecule has 0 spiro atoms. The SMILES string of the molecule is CCC1CCCCC1N(C)CCN. The van der Waals surface area contributed by atoms with E-state index in [4.69, 9.17) is 5.73 Å². The number of hydrogen-bond donors (Lipinski definition) is 1. The summed E-state index contributed by atoms with van der Waals surface area (Å²) in [5.74, 6) is 0.922. The van der Waals surface area contributed by atoms with Crippen LogP contribution in [0.15, 0.2) is 0 Å². The van der Waals surface area contributed by atoms with E-state index < -0.39 is 0 Å². The van der Waals surface area contributed by atoms with Crippen molar-refractivity contribution in [1.29, 1.82) is 0 Å². The van der Waals surface area contributed by atoms with Gasteiger partial charge in [-0.2, -0.15) is 0 Å². The highest BCUT2D eigenvalue weighted by atomic mass is 15.1. The lowest BCUT2D eigenvalue weighted by molar-refractivity contribution is 0.130. The summed E-state index contributed by atoms with van der Waals surface area (Å²) >= 11 is 0. The molecule has 0 bridgehead atoms. The van der Waals surface area contributed by atoms with Crippen molar-refractivity contribution in [2.24, 2.45) is 11.7 Å². The van der Waals surface area contributed by atoms with Gasteiger partial charge < -0.3 is 10.6 Å². The zero-order valence-corrected chi connectivity index (χ0v) is 9.13. The summed E-state index contributed by atoms with van der Waals surface area (Å²) in [4.78, 5) is 2.47. The molecule has 2 nitrogen and oxygen atoms in total. The summed E-state index contributed by atoms with van der Waals surface area (Å²) in [6, 6.07) is 0.808. The Morgan fingerprint density at radius 3 is 2.62 bits per heavy atom. The van der Waals surface area contributed by atoms with Gasteiger partial charge in [0.25, 0.3) is 0 Å². The molecule has 0 radical (unpaired) electrons. The van der Waals surface area contributed by atoms with Gasteiger partial charge in [0.2, 0.25) is 0 Å². The van der Waals surface area contributed by atoms with Gasteiger partial charge in [0.15, 0.2) is 0 Å². The van der Waals surface area contributed by atoms with Crippen LogP contribution in [0.4, 0.5) is 0 Å². The minimum Gasteiger partial charge on any atom is -0.329 e. The second-order valence-electron chi connectivity index (χ2n) is 4.29. The molecular weight excluding hydrogens is 160 g/mol. The molecule has 0 saturated heterocycles. The summed E-state index contributed by atoms with van der Waals surface area (Å²) in [6.07, 6.45) is 6.99. The molecule has 0 heterocycles. The zero-order valence-electron chi connectivity index (χ0n) is 9.13. The molecule has 2 atom stereocenters. The second-order valence-corrected chi connectivity index (χ2v) is 4.29. The van der Waals surface area contributed by atoms with Crippen LogP contribution in [0.3, 0.4) is 0 Å². The lowest BCUT2D eigenvalue weighted by atomic mass is 9.82. The topological polar surface area (TPSA) is 29.3 Å². The van der Waals surface area contributed by atoms with Crippen molar-refractivity contribution in [2.75, 3.05) is 20.1 Å². The predicted molar refractivity (Wildman–Crippen MR) is 57.7 cm³/mol. The van der Waals surface area contributed by atoms with Gasteiger partial charge in [-0.3, -0.25) is 0 Å². The molecule has 2 unspecified atom stereocenters. The van der Waals surface area contributed by atoms with Crippen LogP contribution in [0.1, 0.15) is 39.0 Å². The first kappa shape index (κ1) is 11.0. The van der Waals surface area contributed by atoms with Gasteiger partial charge in [-0.25, -0.2) is 0 Å². The number of nitrogens with zero attached hydrogens (tertiary/aromatic N) is 1. The van der Waals surface area contributed by atoms with E-state index in [9.17, 15) is 0 Å². The van der Waals surface area contributed by atoms with Gasteiger partial charge in [0.05, 0.1) is 0 Å². The smallest absolute Gasteiger partial charge is 0.0121 e. The Kier molecular flexibility index (Phi) is 4.74. The van der Waals surface area contributed by atoms with Crippen molar-refractivity contribution in [1.82, 2.24) is 4.90 Å². The van der Waals surface area contributed by atoms with Crippen molar-refractivity contribution < 1.29 is 0 Å². The summed E-state index contributed by atoms with van der Waals surface area (Å²) in [5, 5.41) is 0. The molecule has 2 N–H and O–H groups in total. The average molecular weight is 184 g/mol. The van der Waals surface area contributed by atoms with E-state index in [1.54, 1.807) is 0 Å². The first-order valence-electron chi connectivity index (χ1n) is 5.70. The van der Waals surface area contributed by atoms with Gasteiger partial charge in [-0.15, -0.1) is 0 Å². The lowest BCUT2D eigenvalue weighted by Gasteiger charge is -2.37. The molecule has 2 heteroatoms. The molecule has 0 aromatic carbocycles. The van der Waals surface area contributed by atoms with Crippen molar-refractivity contribution in [3.05, 3.63) is 0 Å². The summed E-state index contributed by atoms with van der Waals surface area (Å²) in [7, 11) is 2.23. The van der Waals surface area contributed by atoms with Crippen molar-refractivity contribution in [2.45, 2.75) is 45.1 Å². The summed E-state index contributed by atoms with van der Waals surface area (Å²) in [5.41, 5.74) is 5.58. The number of likely N-dealkylation sites (N-methyl/N-ethyl adjacent to an activating group) is 1. The molecule has 0 aromatic rings. The molecule has 1 fully saturated rings. The fourth-order valence-electron chi connectivity index (χ4n) is 2.61. The molecule has 1 aliphatic rings. The Balaban J connectivity index is 2.43. The highest BCUT2D eigenvalue weighted by Crippen LogP contribution is 2.29. The predicted octanol–water partition coefficient (Wildman–Crippen LogP) is 1.85. The van der Waals surface area contributed by atoms with Crippen LogP contribution >= 0.6 is 0 Å². The molecule has 1 saturated carbocycles. The van der Waals surface area contributed by atoms with Gasteiger partial charge in [0, 0.05) is 19.1 Å². The zero-order chi connectivity index (χ0) is 9.68. The average Bonchev–Trinajstić information content (AvgIpc) is 2.18. The Bertz CT molecular complexity index is 136. The highest BCUT2D eigenvalue weighted by molar-refractivity contribution is 4.81. The second kappa shape index (κ2) is 5.61. The molecule has 1 rings (SSSR count). The van der Waals surface area contributed by atoms with Crippen LogP contribution in [0.25, 0.3) is 0 Å². The van der Waals surface area contributed by atoms with Crippen LogP contribution in [0.5, 0.6) is 0 Å². The van der Waals surface area contributed by atoms with E-state index in [0.29, 0.717) is 0 Å². The monoisotopic (exact) mass is 184 g/mol. The van der Waals surface area contributed by atoms with E-state index in [0.717, 1.165) is 25.0 Å². The van der Waals surface area contributed by atoms with Gasteiger partial charge in [0.1, 0.15) is 0 Å². The lowest BCUT2D eigenvalue weighted by Crippen LogP contribution is -2.42. The third-order valence-electron chi connectivity index (χ3n) is 3.44. The van der Waals surface area contributed by atoms with E-state index >= 15 is 0 Å². The Morgan fingerprint density at radius 2 is 2.00 bits per heavy atom. The number of rotatable bonds is 4. The third-order valence-corrected chi connectivity index (χ3v) is 3.44.